The first kappa shape index (κ1) is 10.8. The molecule has 0 saturated heterocycles. The molecule has 0 radical (unpaired) electrons. The fourth-order valence-electron chi connectivity index (χ4n) is 1.31. The maximum Gasteiger partial charge on any atom is 0.303 e. The molecule has 0 aliphatic carbocycles. The monoisotopic (exact) mass is 195 g/mol. The number of nitrogens with zero attached hydrogens (tertiary/aromatic N) is 2. The number of hydrogen-bond donors (Lipinski definition) is 1. The van der Waals surface area contributed by atoms with E-state index in [2.05, 4.69) is 9.98 Å². The highest BCUT2D eigenvalue weighted by molar-refractivity contribution is 6.18. The van der Waals surface area contributed by atoms with Gasteiger partial charge in [0.05, 0.1) is 6.42 Å². The Balaban J connectivity index is 1.87. The second-order valence-corrected chi connectivity index (χ2v) is 3.28. The highest BCUT2D eigenvalue weighted by Gasteiger charge is 2.14. The summed E-state index contributed by atoms with van der Waals surface area (Å²) in [5.74, 6) is -0.704. The zero-order chi connectivity index (χ0) is 10.2. The number of carboxylic acid groups (broad SMARTS) is 1. The number of carbonyl (C=O) groups is 1. The van der Waals surface area contributed by atoms with Crippen LogP contribution < -0.4 is 0 Å². The number of aliphatic carboxylic acids is 1. The Hall–Kier alpha value is -1.32. The summed E-state index contributed by atoms with van der Waals surface area (Å²) >= 11 is 0. The van der Waals surface area contributed by atoms with Crippen LogP contribution in [-0.2, 0) is 4.79 Å². The highest BCUT2D eigenvalue weighted by atomic mass is 16.4. The van der Waals surface area contributed by atoms with E-state index in [4.69, 9.17) is 5.11 Å². The van der Waals surface area contributed by atoms with Crippen molar-refractivity contribution in [1.82, 2.24) is 0 Å². The van der Waals surface area contributed by atoms with E-state index in [1.54, 1.807) is 12.4 Å². The molecule has 0 atom stereocenters. The second-order valence-electron chi connectivity index (χ2n) is 3.28. The summed E-state index contributed by atoms with van der Waals surface area (Å²) in [6, 6.07) is 0. The number of aliphatic imine (C=N–C) groups is 2. The van der Waals surface area contributed by atoms with Crippen molar-refractivity contribution in [3.8, 4) is 0 Å². The molecule has 76 valence electrons. The van der Waals surface area contributed by atoms with Crippen LogP contribution in [0.5, 0.6) is 0 Å². The Morgan fingerprint density at radius 1 is 1.14 bits per heavy atom. The van der Waals surface area contributed by atoms with Gasteiger partial charge in [-0.25, -0.2) is 0 Å². The van der Waals surface area contributed by atoms with Gasteiger partial charge in [0.1, 0.15) is 0 Å². The van der Waals surface area contributed by atoms with E-state index in [0.29, 0.717) is 0 Å². The molecule has 4 heteroatoms. The number of carboxylic acids is 1. The van der Waals surface area contributed by atoms with Crippen molar-refractivity contribution >= 4 is 18.4 Å². The van der Waals surface area contributed by atoms with Crippen LogP contribution in [0.15, 0.2) is 9.98 Å². The van der Waals surface area contributed by atoms with Gasteiger partial charge < -0.3 is 5.11 Å². The van der Waals surface area contributed by atoms with Crippen LogP contribution in [0.1, 0.15) is 38.5 Å². The van der Waals surface area contributed by atoms with E-state index in [0.717, 1.165) is 38.3 Å². The fraction of sp³-hybridized carbons (Fsp3) is 0.600. The van der Waals surface area contributed by atoms with E-state index >= 15 is 0 Å². The van der Waals surface area contributed by atoms with Crippen molar-refractivity contribution in [3.05, 3.63) is 6.17 Å². The Labute approximate surface area is 83.8 Å². The summed E-state index contributed by atoms with van der Waals surface area (Å²) in [5, 5.41) is 8.40. The predicted molar refractivity (Wildman–Crippen MR) is 55.6 cm³/mol. The molecule has 0 spiro atoms. The molecule has 0 aromatic heterocycles. The Morgan fingerprint density at radius 2 is 1.79 bits per heavy atom. The topological polar surface area (TPSA) is 62.0 Å². The summed E-state index contributed by atoms with van der Waals surface area (Å²) in [4.78, 5) is 18.3. The molecule has 4 nitrogen and oxygen atoms in total. The summed E-state index contributed by atoms with van der Waals surface area (Å²) in [6.07, 6.45) is 9.32. The van der Waals surface area contributed by atoms with Gasteiger partial charge in [-0.2, -0.15) is 0 Å². The van der Waals surface area contributed by atoms with Crippen LogP contribution >= 0.6 is 0 Å². The van der Waals surface area contributed by atoms with Gasteiger partial charge in [-0.15, -0.1) is 0 Å². The Kier molecular flexibility index (Phi) is 4.75. The first-order valence-electron chi connectivity index (χ1n) is 4.93. The third-order valence-electron chi connectivity index (χ3n) is 2.05. The van der Waals surface area contributed by atoms with Crippen LogP contribution in [0, 0.1) is 6.17 Å². The van der Waals surface area contributed by atoms with E-state index in [1.165, 1.54) is 0 Å². The zero-order valence-corrected chi connectivity index (χ0v) is 8.15. The lowest BCUT2D eigenvalue weighted by Gasteiger charge is -1.98. The molecule has 0 amide bonds. The highest BCUT2D eigenvalue weighted by Crippen LogP contribution is 2.17. The van der Waals surface area contributed by atoms with Crippen LogP contribution in [0.4, 0.5) is 0 Å². The van der Waals surface area contributed by atoms with Crippen molar-refractivity contribution in [2.45, 2.75) is 38.5 Å². The van der Waals surface area contributed by atoms with Gasteiger partial charge in [0.25, 0.3) is 0 Å². The second kappa shape index (κ2) is 6.18. The smallest absolute Gasteiger partial charge is 0.303 e. The van der Waals surface area contributed by atoms with Gasteiger partial charge in [-0.05, 0) is 12.8 Å². The summed E-state index contributed by atoms with van der Waals surface area (Å²) in [5.41, 5.74) is 0. The molecule has 1 aliphatic heterocycles. The van der Waals surface area contributed by atoms with Gasteiger partial charge in [0.2, 0.25) is 6.17 Å². The van der Waals surface area contributed by atoms with Gasteiger partial charge >= 0.3 is 5.97 Å². The van der Waals surface area contributed by atoms with Crippen molar-refractivity contribution < 1.29 is 9.90 Å². The Morgan fingerprint density at radius 3 is 2.43 bits per heavy atom. The van der Waals surface area contributed by atoms with E-state index in [-0.39, 0.29) is 6.42 Å². The molecule has 1 heterocycles. The minimum absolute atomic E-state index is 0.285. The molecule has 1 N–H and O–H groups in total. The molecule has 0 aromatic carbocycles. The average Bonchev–Trinajstić information content (AvgIpc) is 2.63. The molecule has 1 rings (SSSR count). The summed E-state index contributed by atoms with van der Waals surface area (Å²) < 4.78 is 0. The van der Waals surface area contributed by atoms with Gasteiger partial charge in [-0.3, -0.25) is 4.79 Å². The molecular formula is C10H15N2O2+. The first-order valence-corrected chi connectivity index (χ1v) is 4.93. The third kappa shape index (κ3) is 4.64. The standard InChI is InChI=1S/C10H14N2O2/c13-10(14)6-4-2-1-3-5-9-11-7-8-12-9/h7-8H,1-6H2/p+1. The van der Waals surface area contributed by atoms with Gasteiger partial charge in [-0.1, -0.05) is 22.8 Å². The largest absolute Gasteiger partial charge is 0.481 e. The van der Waals surface area contributed by atoms with Crippen LogP contribution in [0.2, 0.25) is 0 Å². The van der Waals surface area contributed by atoms with Crippen LogP contribution in [-0.4, -0.2) is 23.5 Å². The SMILES string of the molecule is O=C(O)CCCCCC[C+]1N=CC=N1. The van der Waals surface area contributed by atoms with Crippen molar-refractivity contribution in [2.24, 2.45) is 9.98 Å². The molecule has 0 fully saturated rings. The van der Waals surface area contributed by atoms with E-state index < -0.39 is 5.97 Å². The van der Waals surface area contributed by atoms with Gasteiger partial charge in [0.15, 0.2) is 12.4 Å². The van der Waals surface area contributed by atoms with Crippen molar-refractivity contribution in [1.29, 1.82) is 0 Å². The molecule has 14 heavy (non-hydrogen) atoms. The minimum atomic E-state index is -0.704. The van der Waals surface area contributed by atoms with Crippen molar-refractivity contribution in [2.75, 3.05) is 0 Å². The van der Waals surface area contributed by atoms with Crippen LogP contribution in [0.25, 0.3) is 0 Å². The Bertz CT molecular complexity index is 224. The predicted octanol–water partition coefficient (Wildman–Crippen LogP) is 2.06. The summed E-state index contributed by atoms with van der Waals surface area (Å²) in [6.45, 7) is 0. The number of hydrogen-bond acceptors (Lipinski definition) is 3. The lowest BCUT2D eigenvalue weighted by molar-refractivity contribution is -0.137. The normalized spacial score (nSPS) is 13.9. The van der Waals surface area contributed by atoms with Crippen molar-refractivity contribution in [3.63, 3.8) is 0 Å². The fourth-order valence-corrected chi connectivity index (χ4v) is 1.31. The molecule has 0 unspecified atom stereocenters. The molecule has 0 bridgehead atoms. The maximum absolute atomic E-state index is 10.2. The molecular weight excluding hydrogens is 180 g/mol. The maximum atomic E-state index is 10.2. The third-order valence-corrected chi connectivity index (χ3v) is 2.05. The molecule has 0 aromatic rings. The van der Waals surface area contributed by atoms with E-state index in [9.17, 15) is 4.79 Å². The van der Waals surface area contributed by atoms with Gasteiger partial charge in [0, 0.05) is 6.42 Å². The average molecular weight is 195 g/mol. The quantitative estimate of drug-likeness (QED) is 0.499. The van der Waals surface area contributed by atoms with Crippen LogP contribution in [0.3, 0.4) is 0 Å². The molecule has 1 aliphatic rings. The first-order chi connectivity index (χ1) is 6.79. The summed E-state index contributed by atoms with van der Waals surface area (Å²) in [7, 11) is 0. The molecule has 0 saturated carbocycles. The lowest BCUT2D eigenvalue weighted by Crippen LogP contribution is -1.94. The number of rotatable bonds is 7. The zero-order valence-electron chi connectivity index (χ0n) is 8.15. The number of unbranched alkanes of at least 4 members (excludes halogenated alkanes) is 3. The van der Waals surface area contributed by atoms with E-state index in [1.807, 2.05) is 0 Å². The lowest BCUT2D eigenvalue weighted by atomic mass is 10.1. The minimum Gasteiger partial charge on any atom is -0.481 e.